The molecule has 33 heavy (non-hydrogen) atoms. The molecule has 2 aliphatic heterocycles. The van der Waals surface area contributed by atoms with Gasteiger partial charge in [-0.1, -0.05) is 30.3 Å². The van der Waals surface area contributed by atoms with Crippen LogP contribution in [0.3, 0.4) is 0 Å². The molecular weight excluding hydrogens is 440 g/mol. The maximum Gasteiger partial charge on any atom is 0.284 e. The van der Waals surface area contributed by atoms with Crippen LogP contribution in [0.25, 0.3) is 0 Å². The number of likely N-dealkylation sites (tertiary alicyclic amines) is 1. The molecule has 1 atom stereocenters. The second-order valence-electron chi connectivity index (χ2n) is 8.46. The van der Waals surface area contributed by atoms with Gasteiger partial charge < -0.3 is 15.1 Å². The van der Waals surface area contributed by atoms with E-state index in [9.17, 15) is 18.0 Å². The third-order valence-corrected chi connectivity index (χ3v) is 7.47. The highest BCUT2D eigenvalue weighted by Crippen LogP contribution is 2.32. The van der Waals surface area contributed by atoms with Crippen molar-refractivity contribution in [2.24, 2.45) is 4.40 Å². The Bertz CT molecular complexity index is 1210. The number of benzene rings is 2. The molecule has 8 nitrogen and oxygen atoms in total. The van der Waals surface area contributed by atoms with Crippen molar-refractivity contribution in [2.45, 2.75) is 43.5 Å². The van der Waals surface area contributed by atoms with Crippen LogP contribution < -0.4 is 5.32 Å². The Morgan fingerprint density at radius 2 is 1.88 bits per heavy atom. The number of hydrogen-bond donors (Lipinski definition) is 1. The van der Waals surface area contributed by atoms with Gasteiger partial charge in [0.1, 0.15) is 5.84 Å². The number of carbonyl (C=O) groups excluding carboxylic acids is 2. The zero-order valence-corrected chi connectivity index (χ0v) is 19.6. The molecule has 1 N–H and O–H groups in total. The third kappa shape index (κ3) is 5.08. The smallest absolute Gasteiger partial charge is 0.284 e. The van der Waals surface area contributed by atoms with Gasteiger partial charge >= 0.3 is 0 Å². The molecular formula is C24H28N4O4S. The molecule has 2 aliphatic rings. The minimum absolute atomic E-state index is 0.0291. The Hall–Kier alpha value is -3.20. The van der Waals surface area contributed by atoms with Crippen molar-refractivity contribution in [2.75, 3.05) is 25.5 Å². The SMILES string of the molecule is CC(=O)N1CCc2ccccc2C1CC(=O)Nc1cccc(S(=O)(=O)/N=C2\CCCN2C)c1. The molecule has 0 bridgehead atoms. The first-order valence-electron chi connectivity index (χ1n) is 11.0. The lowest BCUT2D eigenvalue weighted by molar-refractivity contribution is -0.132. The van der Waals surface area contributed by atoms with Crippen molar-refractivity contribution in [1.82, 2.24) is 9.80 Å². The quantitative estimate of drug-likeness (QED) is 0.727. The van der Waals surface area contributed by atoms with Crippen molar-refractivity contribution in [3.05, 3.63) is 59.7 Å². The molecule has 4 rings (SSSR count). The van der Waals surface area contributed by atoms with Gasteiger partial charge in [0.05, 0.1) is 17.4 Å². The summed E-state index contributed by atoms with van der Waals surface area (Å²) in [4.78, 5) is 28.7. The fourth-order valence-corrected chi connectivity index (χ4v) is 5.61. The first kappa shape index (κ1) is 23.0. The molecule has 0 radical (unpaired) electrons. The summed E-state index contributed by atoms with van der Waals surface area (Å²) >= 11 is 0. The number of nitrogens with zero attached hydrogens (tertiary/aromatic N) is 3. The van der Waals surface area contributed by atoms with Gasteiger partial charge in [-0.2, -0.15) is 8.42 Å². The van der Waals surface area contributed by atoms with Gasteiger partial charge in [-0.25, -0.2) is 0 Å². The lowest BCUT2D eigenvalue weighted by Crippen LogP contribution is -2.40. The standard InChI is InChI=1S/C24H28N4O4S/c1-17(29)28-14-12-18-7-3-4-10-21(18)22(28)16-24(30)25-19-8-5-9-20(15-19)33(31,32)26-23-11-6-13-27(23)2/h3-5,7-10,15,22H,6,11-14,16H2,1-2H3,(H,25,30)/b26-23+. The van der Waals surface area contributed by atoms with Crippen molar-refractivity contribution in [3.8, 4) is 0 Å². The van der Waals surface area contributed by atoms with Gasteiger partial charge in [0.15, 0.2) is 0 Å². The Balaban J connectivity index is 1.52. The summed E-state index contributed by atoms with van der Waals surface area (Å²) in [7, 11) is -2.05. The van der Waals surface area contributed by atoms with Crippen LogP contribution >= 0.6 is 0 Å². The molecule has 0 aromatic heterocycles. The van der Waals surface area contributed by atoms with E-state index in [0.717, 1.165) is 30.5 Å². The molecule has 0 aliphatic carbocycles. The zero-order valence-electron chi connectivity index (χ0n) is 18.8. The van der Waals surface area contributed by atoms with E-state index in [1.165, 1.54) is 19.1 Å². The van der Waals surface area contributed by atoms with Gasteiger partial charge in [-0.3, -0.25) is 9.59 Å². The number of hydrogen-bond acceptors (Lipinski definition) is 4. The lowest BCUT2D eigenvalue weighted by atomic mass is 9.90. The maximum absolute atomic E-state index is 12.9. The van der Waals surface area contributed by atoms with Crippen LogP contribution in [0.4, 0.5) is 5.69 Å². The number of anilines is 1. The summed E-state index contributed by atoms with van der Waals surface area (Å²) in [5.41, 5.74) is 2.48. The number of nitrogens with one attached hydrogen (secondary N) is 1. The molecule has 0 saturated carbocycles. The van der Waals surface area contributed by atoms with E-state index in [4.69, 9.17) is 0 Å². The highest BCUT2D eigenvalue weighted by atomic mass is 32.2. The lowest BCUT2D eigenvalue weighted by Gasteiger charge is -2.36. The van der Waals surface area contributed by atoms with E-state index < -0.39 is 10.0 Å². The fourth-order valence-electron chi connectivity index (χ4n) is 4.47. The number of sulfonamides is 1. The van der Waals surface area contributed by atoms with Crippen LogP contribution in [0.1, 0.15) is 43.4 Å². The van der Waals surface area contributed by atoms with Crippen LogP contribution in [0.15, 0.2) is 57.8 Å². The van der Waals surface area contributed by atoms with E-state index in [1.807, 2.05) is 36.2 Å². The summed E-state index contributed by atoms with van der Waals surface area (Å²) in [5, 5.41) is 2.79. The zero-order chi connectivity index (χ0) is 23.6. The summed E-state index contributed by atoms with van der Waals surface area (Å²) in [6.07, 6.45) is 2.34. The van der Waals surface area contributed by atoms with E-state index in [1.54, 1.807) is 17.0 Å². The highest BCUT2D eigenvalue weighted by Gasteiger charge is 2.30. The topological polar surface area (TPSA) is 99.2 Å². The molecule has 1 saturated heterocycles. The van der Waals surface area contributed by atoms with E-state index in [0.29, 0.717) is 24.5 Å². The molecule has 2 aromatic carbocycles. The number of fused-ring (bicyclic) bond motifs is 1. The molecule has 0 spiro atoms. The fraction of sp³-hybridized carbons (Fsp3) is 0.375. The Kier molecular flexibility index (Phi) is 6.51. The van der Waals surface area contributed by atoms with Crippen molar-refractivity contribution in [1.29, 1.82) is 0 Å². The van der Waals surface area contributed by atoms with E-state index >= 15 is 0 Å². The van der Waals surface area contributed by atoms with E-state index in [2.05, 4.69) is 9.71 Å². The van der Waals surface area contributed by atoms with Crippen molar-refractivity contribution < 1.29 is 18.0 Å². The summed E-state index contributed by atoms with van der Waals surface area (Å²) < 4.78 is 29.5. The first-order valence-corrected chi connectivity index (χ1v) is 12.5. The molecule has 174 valence electrons. The van der Waals surface area contributed by atoms with Crippen molar-refractivity contribution >= 4 is 33.4 Å². The molecule has 2 amide bonds. The Labute approximate surface area is 194 Å². The summed E-state index contributed by atoms with van der Waals surface area (Å²) in [6, 6.07) is 13.6. The van der Waals surface area contributed by atoms with Gasteiger partial charge in [0.25, 0.3) is 10.0 Å². The molecule has 2 heterocycles. The Morgan fingerprint density at radius 1 is 1.09 bits per heavy atom. The van der Waals surface area contributed by atoms with Gasteiger partial charge in [-0.05, 0) is 42.2 Å². The second kappa shape index (κ2) is 9.35. The average Bonchev–Trinajstić information content (AvgIpc) is 3.17. The Morgan fingerprint density at radius 3 is 2.61 bits per heavy atom. The highest BCUT2D eigenvalue weighted by molar-refractivity contribution is 7.90. The van der Waals surface area contributed by atoms with Crippen LogP contribution in [0.2, 0.25) is 0 Å². The third-order valence-electron chi connectivity index (χ3n) is 6.17. The largest absolute Gasteiger partial charge is 0.362 e. The van der Waals surface area contributed by atoms with Crippen LogP contribution in [0.5, 0.6) is 0 Å². The van der Waals surface area contributed by atoms with Crippen molar-refractivity contribution in [3.63, 3.8) is 0 Å². The normalized spacial score (nSPS) is 19.5. The molecule has 1 fully saturated rings. The first-order chi connectivity index (χ1) is 15.7. The van der Waals surface area contributed by atoms with Crippen LogP contribution in [-0.2, 0) is 26.0 Å². The number of carbonyl (C=O) groups is 2. The van der Waals surface area contributed by atoms with Crippen LogP contribution in [-0.4, -0.2) is 56.0 Å². The second-order valence-corrected chi connectivity index (χ2v) is 10.1. The monoisotopic (exact) mass is 468 g/mol. The average molecular weight is 469 g/mol. The van der Waals surface area contributed by atoms with Crippen LogP contribution in [0, 0.1) is 0 Å². The van der Waals surface area contributed by atoms with Gasteiger partial charge in [0, 0.05) is 39.2 Å². The minimum atomic E-state index is -3.88. The minimum Gasteiger partial charge on any atom is -0.362 e. The number of amides is 2. The molecule has 9 heteroatoms. The predicted molar refractivity (Wildman–Crippen MR) is 126 cm³/mol. The van der Waals surface area contributed by atoms with Gasteiger partial charge in [-0.15, -0.1) is 4.40 Å². The number of rotatable bonds is 5. The maximum atomic E-state index is 12.9. The summed E-state index contributed by atoms with van der Waals surface area (Å²) in [6.45, 7) is 2.86. The predicted octanol–water partition coefficient (Wildman–Crippen LogP) is 2.97. The molecule has 2 aromatic rings. The number of amidine groups is 1. The van der Waals surface area contributed by atoms with Gasteiger partial charge in [0.2, 0.25) is 11.8 Å². The summed E-state index contributed by atoms with van der Waals surface area (Å²) in [5.74, 6) is 0.176. The van der Waals surface area contributed by atoms with E-state index in [-0.39, 0.29) is 29.2 Å². The molecule has 1 unspecified atom stereocenters.